The van der Waals surface area contributed by atoms with E-state index in [-0.39, 0.29) is 11.7 Å². The lowest BCUT2D eigenvalue weighted by atomic mass is 10.1. The van der Waals surface area contributed by atoms with Crippen LogP contribution in [0.4, 0.5) is 21.2 Å². The van der Waals surface area contributed by atoms with Crippen molar-refractivity contribution in [3.63, 3.8) is 0 Å². The molecule has 0 aliphatic rings. The number of benzene rings is 1. The summed E-state index contributed by atoms with van der Waals surface area (Å²) in [5.74, 6) is -0.928. The summed E-state index contributed by atoms with van der Waals surface area (Å²) in [5.41, 5.74) is -0.709. The zero-order chi connectivity index (χ0) is 26.3. The van der Waals surface area contributed by atoms with E-state index in [2.05, 4.69) is 31.2 Å². The lowest BCUT2D eigenvalue weighted by Gasteiger charge is -2.20. The number of amides is 4. The topological polar surface area (TPSA) is 163 Å². The fourth-order valence-corrected chi connectivity index (χ4v) is 2.99. The maximum Gasteiger partial charge on any atom is 0.408 e. The number of aromatic amines is 1. The van der Waals surface area contributed by atoms with E-state index >= 15 is 0 Å². The average Bonchev–Trinajstić information content (AvgIpc) is 3.11. The maximum absolute atomic E-state index is 12.5. The second-order valence-electron chi connectivity index (χ2n) is 9.14. The quantitative estimate of drug-likeness (QED) is 0.340. The van der Waals surface area contributed by atoms with Crippen LogP contribution in [-0.4, -0.2) is 53.8 Å². The van der Waals surface area contributed by atoms with E-state index in [0.29, 0.717) is 16.6 Å². The van der Waals surface area contributed by atoms with E-state index in [1.807, 2.05) is 0 Å². The highest BCUT2D eigenvalue weighted by Crippen LogP contribution is 2.32. The molecule has 0 aliphatic heterocycles. The third kappa shape index (κ3) is 7.80. The van der Waals surface area contributed by atoms with Gasteiger partial charge in [-0.25, -0.2) is 14.4 Å². The van der Waals surface area contributed by atoms with Crippen molar-refractivity contribution < 1.29 is 28.7 Å². The van der Waals surface area contributed by atoms with Crippen molar-refractivity contribution >= 4 is 46.4 Å². The Bertz CT molecular complexity index is 1120. The van der Waals surface area contributed by atoms with Crippen LogP contribution in [0.5, 0.6) is 0 Å². The Kier molecular flexibility index (Phi) is 8.93. The Morgan fingerprint density at radius 3 is 2.20 bits per heavy atom. The Hall–Kier alpha value is -3.96. The van der Waals surface area contributed by atoms with Crippen LogP contribution in [-0.2, 0) is 19.1 Å². The van der Waals surface area contributed by atoms with Crippen molar-refractivity contribution in [2.75, 3.05) is 12.4 Å². The number of esters is 1. The number of carbonyl (C=O) groups is 4. The molecule has 12 heteroatoms. The first-order chi connectivity index (χ1) is 16.3. The molecule has 0 radical (unpaired) electrons. The minimum atomic E-state index is -0.968. The van der Waals surface area contributed by atoms with E-state index in [0.717, 1.165) is 0 Å². The Morgan fingerprint density at radius 2 is 1.63 bits per heavy atom. The molecule has 0 bridgehead atoms. The first-order valence-corrected chi connectivity index (χ1v) is 11.0. The van der Waals surface area contributed by atoms with E-state index in [1.54, 1.807) is 58.9 Å². The van der Waals surface area contributed by atoms with Gasteiger partial charge < -0.3 is 25.1 Å². The molecular formula is C23H32N6O6. The molecule has 1 aromatic carbocycles. The summed E-state index contributed by atoms with van der Waals surface area (Å²) in [6, 6.07) is 4.58. The number of nitrogens with one attached hydrogen (secondary N) is 4. The van der Waals surface area contributed by atoms with Crippen molar-refractivity contribution in [1.82, 2.24) is 15.6 Å². The Labute approximate surface area is 203 Å². The fraction of sp³-hybridized carbons (Fsp3) is 0.478. The number of anilines is 1. The van der Waals surface area contributed by atoms with Gasteiger partial charge in [0.15, 0.2) is 5.82 Å². The number of rotatable bonds is 7. The molecule has 4 amide bonds. The summed E-state index contributed by atoms with van der Waals surface area (Å²) < 4.78 is 9.87. The van der Waals surface area contributed by atoms with Gasteiger partial charge in [0, 0.05) is 10.8 Å². The van der Waals surface area contributed by atoms with Crippen molar-refractivity contribution in [3.05, 3.63) is 24.3 Å². The molecule has 0 aliphatic carbocycles. The lowest BCUT2D eigenvalue weighted by Crippen LogP contribution is -2.46. The second kappa shape index (κ2) is 11.4. The highest BCUT2D eigenvalue weighted by molar-refractivity contribution is 6.05. The number of azo groups is 1. The summed E-state index contributed by atoms with van der Waals surface area (Å²) in [6.07, 6.45) is -0.747. The van der Waals surface area contributed by atoms with Gasteiger partial charge in [0.05, 0.1) is 7.11 Å². The van der Waals surface area contributed by atoms with Crippen LogP contribution in [0.25, 0.3) is 10.8 Å². The van der Waals surface area contributed by atoms with Gasteiger partial charge in [-0.2, -0.15) is 0 Å². The number of methoxy groups -OCH3 is 1. The normalized spacial score (nSPS) is 13.4. The molecule has 1 heterocycles. The number of hydrogen-bond acceptors (Lipinski definition) is 7. The highest BCUT2D eigenvalue weighted by atomic mass is 16.6. The van der Waals surface area contributed by atoms with Gasteiger partial charge in [-0.3, -0.25) is 10.1 Å². The third-order valence-corrected chi connectivity index (χ3v) is 4.69. The van der Waals surface area contributed by atoms with E-state index in [9.17, 15) is 19.2 Å². The number of urea groups is 1. The number of ether oxygens (including phenoxy) is 2. The summed E-state index contributed by atoms with van der Waals surface area (Å²) in [6.45, 7) is 10.1. The van der Waals surface area contributed by atoms with Crippen molar-refractivity contribution in [3.8, 4) is 0 Å². The molecule has 1 aromatic heterocycles. The smallest absolute Gasteiger partial charge is 0.408 e. The van der Waals surface area contributed by atoms with E-state index < -0.39 is 41.7 Å². The van der Waals surface area contributed by atoms with Gasteiger partial charge in [0.1, 0.15) is 23.5 Å². The van der Waals surface area contributed by atoms with Crippen LogP contribution < -0.4 is 16.0 Å². The largest absolute Gasteiger partial charge is 0.467 e. The second-order valence-corrected chi connectivity index (χ2v) is 9.14. The first kappa shape index (κ1) is 27.3. The zero-order valence-corrected chi connectivity index (χ0v) is 20.9. The summed E-state index contributed by atoms with van der Waals surface area (Å²) in [5, 5.41) is 16.5. The molecule has 35 heavy (non-hydrogen) atoms. The number of H-pyrrole nitrogens is 1. The summed E-state index contributed by atoms with van der Waals surface area (Å²) >= 11 is 0. The third-order valence-electron chi connectivity index (χ3n) is 4.69. The molecule has 0 spiro atoms. The van der Waals surface area contributed by atoms with Gasteiger partial charge in [0.2, 0.25) is 0 Å². The van der Waals surface area contributed by atoms with Crippen molar-refractivity contribution in [2.24, 2.45) is 16.1 Å². The van der Waals surface area contributed by atoms with Crippen LogP contribution in [0.1, 0.15) is 41.5 Å². The first-order valence-electron chi connectivity index (χ1n) is 11.0. The standard InChI is InChI=1S/C23H32N6O6/c1-12(2)16(20(31)34-7)25-21(32)27-17-14-10-8-9-11-15(14)18(26-17)28-29-19(30)13(3)24-22(33)35-23(4,5)6/h8-13,16,26H,1-7H3,(H,24,33)(H2,25,27,32)/t13-,16-/m0/s1. The SMILES string of the molecule is COC(=O)[C@@H](NC(=O)Nc1[nH]c(N=NC(=O)[C@H](C)NC(=O)OC(C)(C)C)c2ccccc12)C(C)C. The van der Waals surface area contributed by atoms with Gasteiger partial charge in [-0.15, -0.1) is 10.2 Å². The minimum absolute atomic E-state index is 0.194. The summed E-state index contributed by atoms with van der Waals surface area (Å²) in [7, 11) is 1.25. The number of alkyl carbamates (subject to hydrolysis) is 1. The molecule has 190 valence electrons. The van der Waals surface area contributed by atoms with Gasteiger partial charge in [0.25, 0.3) is 5.91 Å². The molecule has 0 fully saturated rings. The minimum Gasteiger partial charge on any atom is -0.467 e. The number of hydrogen-bond donors (Lipinski definition) is 4. The molecule has 0 unspecified atom stereocenters. The van der Waals surface area contributed by atoms with Crippen LogP contribution in [0.2, 0.25) is 0 Å². The molecule has 12 nitrogen and oxygen atoms in total. The fourth-order valence-electron chi connectivity index (χ4n) is 2.99. The predicted molar refractivity (Wildman–Crippen MR) is 129 cm³/mol. The van der Waals surface area contributed by atoms with Crippen LogP contribution in [0, 0.1) is 5.92 Å². The summed E-state index contributed by atoms with van der Waals surface area (Å²) in [4.78, 5) is 51.6. The van der Waals surface area contributed by atoms with E-state index in [4.69, 9.17) is 9.47 Å². The maximum atomic E-state index is 12.5. The molecule has 2 atom stereocenters. The number of nitrogens with zero attached hydrogens (tertiary/aromatic N) is 2. The molecular weight excluding hydrogens is 456 g/mol. The van der Waals surface area contributed by atoms with Gasteiger partial charge >= 0.3 is 18.1 Å². The van der Waals surface area contributed by atoms with Gasteiger partial charge in [-0.05, 0) is 33.6 Å². The average molecular weight is 489 g/mol. The zero-order valence-electron chi connectivity index (χ0n) is 20.9. The van der Waals surface area contributed by atoms with Crippen LogP contribution in [0.15, 0.2) is 34.5 Å². The molecule has 2 rings (SSSR count). The van der Waals surface area contributed by atoms with Crippen LogP contribution in [0.3, 0.4) is 0 Å². The highest BCUT2D eigenvalue weighted by Gasteiger charge is 2.25. The number of aromatic nitrogens is 1. The van der Waals surface area contributed by atoms with E-state index in [1.165, 1.54) is 14.0 Å². The predicted octanol–water partition coefficient (Wildman–Crippen LogP) is 4.01. The molecule has 0 saturated carbocycles. The molecule has 0 saturated heterocycles. The van der Waals surface area contributed by atoms with Crippen molar-refractivity contribution in [2.45, 2.75) is 59.2 Å². The Balaban J connectivity index is 2.17. The lowest BCUT2D eigenvalue weighted by molar-refractivity contribution is -0.143. The number of carbonyl (C=O) groups excluding carboxylic acids is 4. The number of fused-ring (bicyclic) bond motifs is 1. The molecule has 4 N–H and O–H groups in total. The van der Waals surface area contributed by atoms with Gasteiger partial charge in [-0.1, -0.05) is 38.1 Å². The van der Waals surface area contributed by atoms with Crippen molar-refractivity contribution in [1.29, 1.82) is 0 Å². The molecule has 2 aromatic rings. The van der Waals surface area contributed by atoms with Crippen LogP contribution >= 0.6 is 0 Å². The Morgan fingerprint density at radius 1 is 1.00 bits per heavy atom. The monoisotopic (exact) mass is 488 g/mol.